The normalized spacial score (nSPS) is 13.1. The third-order valence-corrected chi connectivity index (χ3v) is 17.8. The summed E-state index contributed by atoms with van der Waals surface area (Å²) >= 11 is 0. The predicted molar refractivity (Wildman–Crippen MR) is 333 cm³/mol. The largest absolute Gasteiger partial charge is 0.269 e. The van der Waals surface area contributed by atoms with Crippen molar-refractivity contribution in [2.45, 2.75) is 20.8 Å². The van der Waals surface area contributed by atoms with E-state index in [9.17, 15) is 0 Å². The van der Waals surface area contributed by atoms with Crippen LogP contribution in [0.5, 0.6) is 0 Å². The molecule has 16 aromatic rings. The molecule has 77 heavy (non-hydrogen) atoms. The number of benzene rings is 13. The summed E-state index contributed by atoms with van der Waals surface area (Å²) in [6.07, 6.45) is 6.26. The average Bonchev–Trinajstić information content (AvgIpc) is 3.58. The highest BCUT2D eigenvalue weighted by Gasteiger charge is 2.34. The fraction of sp³-hybridized carbons (Fsp3) is 0.0400. The Bertz CT molecular complexity index is 5150. The zero-order valence-corrected chi connectivity index (χ0v) is 42.8. The second-order valence-corrected chi connectivity index (χ2v) is 21.4. The smallest absolute Gasteiger partial charge is 0.0451 e. The van der Waals surface area contributed by atoms with Gasteiger partial charge in [-0.15, -0.1) is 0 Å². The number of aliphatic imine (C=N–C) groups is 1. The minimum absolute atomic E-state index is 0.899. The van der Waals surface area contributed by atoms with Crippen LogP contribution < -0.4 is 0 Å². The summed E-state index contributed by atoms with van der Waals surface area (Å²) in [5.41, 5.74) is 16.6. The van der Waals surface area contributed by atoms with Crippen molar-refractivity contribution in [2.24, 2.45) is 4.99 Å². The predicted octanol–water partition coefficient (Wildman–Crippen LogP) is 21.0. The van der Waals surface area contributed by atoms with Gasteiger partial charge < -0.3 is 0 Å². The molecule has 0 aliphatic heterocycles. The first-order valence-corrected chi connectivity index (χ1v) is 26.9. The van der Waals surface area contributed by atoms with Crippen LogP contribution in [-0.2, 0) is 0 Å². The number of fused-ring (bicyclic) bond motifs is 13. The Morgan fingerprint density at radius 1 is 0.390 bits per heavy atom. The topological polar surface area (TPSA) is 25.2 Å². The molecule has 0 unspecified atom stereocenters. The van der Waals surface area contributed by atoms with Crippen LogP contribution in [0.2, 0.25) is 0 Å². The minimum Gasteiger partial charge on any atom is -0.269 e. The van der Waals surface area contributed by atoms with E-state index >= 15 is 0 Å². The molecule has 0 N–H and O–H groups in total. The molecule has 1 aromatic heterocycles. The van der Waals surface area contributed by atoms with Gasteiger partial charge in [0.1, 0.15) is 0 Å². The van der Waals surface area contributed by atoms with E-state index < -0.39 is 0 Å². The number of pyridine rings is 1. The summed E-state index contributed by atoms with van der Waals surface area (Å²) in [7, 11) is 0. The van der Waals surface area contributed by atoms with E-state index in [1.165, 1.54) is 174 Å². The third-order valence-electron chi connectivity index (χ3n) is 17.8. The first-order chi connectivity index (χ1) is 38.0. The number of aromatic nitrogens is 1. The number of hydrogen-bond donors (Lipinski definition) is 0. The van der Waals surface area contributed by atoms with Crippen LogP contribution in [0.3, 0.4) is 0 Å². The van der Waals surface area contributed by atoms with Gasteiger partial charge in [0, 0.05) is 28.7 Å². The van der Waals surface area contributed by atoms with E-state index in [-0.39, 0.29) is 0 Å². The summed E-state index contributed by atoms with van der Waals surface area (Å²) in [5, 5.41) is 28.5. The summed E-state index contributed by atoms with van der Waals surface area (Å²) in [6.45, 7) is 10.4. The molecule has 0 fully saturated rings. The molecule has 1 heterocycles. The third kappa shape index (κ3) is 5.39. The van der Waals surface area contributed by atoms with E-state index in [0.29, 0.717) is 0 Å². The van der Waals surface area contributed by atoms with Gasteiger partial charge in [-0.2, -0.15) is 0 Å². The molecule has 0 saturated heterocycles. The molecule has 0 radical (unpaired) electrons. The summed E-state index contributed by atoms with van der Waals surface area (Å²) in [5.74, 6) is 0. The molecule has 356 valence electrons. The molecule has 0 atom stereocenters. The Morgan fingerprint density at radius 3 is 1.45 bits per heavy atom. The molecule has 0 saturated carbocycles. The van der Waals surface area contributed by atoms with Crippen LogP contribution in [0.4, 0.5) is 0 Å². The maximum absolute atomic E-state index is 4.89. The Kier molecular flexibility index (Phi) is 8.52. The van der Waals surface area contributed by atoms with E-state index in [4.69, 9.17) is 4.98 Å². The SMILES string of the molecule is C=N/C(C)=C(\C=C/C)c1c2c(c(-c3cccnc3C)c3ccccc13)-c1ccc3c4ccc5c6c(-c7ccccc7)c7cc8c(cc7c(-c7ccccc7)c6c6ccc(c7ccc-2c1c73)c4c65)c1cccc2cccc8c21. The van der Waals surface area contributed by atoms with Crippen LogP contribution in [-0.4, -0.2) is 11.7 Å². The zero-order chi connectivity index (χ0) is 50.9. The van der Waals surface area contributed by atoms with Gasteiger partial charge >= 0.3 is 0 Å². The van der Waals surface area contributed by atoms with Gasteiger partial charge in [0.15, 0.2) is 0 Å². The first kappa shape index (κ1) is 42.6. The van der Waals surface area contributed by atoms with Gasteiger partial charge in [-0.25, -0.2) is 0 Å². The van der Waals surface area contributed by atoms with Crippen molar-refractivity contribution in [2.75, 3.05) is 0 Å². The highest BCUT2D eigenvalue weighted by Crippen LogP contribution is 2.61. The van der Waals surface area contributed by atoms with Crippen LogP contribution in [0.1, 0.15) is 25.1 Å². The van der Waals surface area contributed by atoms with Crippen molar-refractivity contribution in [1.82, 2.24) is 4.98 Å². The van der Waals surface area contributed by atoms with E-state index in [2.05, 4.69) is 239 Å². The first-order valence-electron chi connectivity index (χ1n) is 26.9. The van der Waals surface area contributed by atoms with Crippen molar-refractivity contribution >= 4 is 131 Å². The quantitative estimate of drug-likeness (QED) is 0.0705. The van der Waals surface area contributed by atoms with Crippen molar-refractivity contribution in [3.63, 3.8) is 0 Å². The Hall–Kier alpha value is -9.76. The lowest BCUT2D eigenvalue weighted by Gasteiger charge is -2.22. The summed E-state index contributed by atoms with van der Waals surface area (Å²) in [4.78, 5) is 9.49. The standard InChI is InChI=1S/C75H46N2/c1-5-17-45(40(2)76-4)66-47-24-12-13-25-48(47)67(46-28-16-37-77-41(46)3)75-58-36-32-54-52-30-34-56-70-55(33-29-51(68(52)70)53-31-35-57(74(66)75)71(58)69(53)54)72-64(43-18-8-6-9-19-43)61-38-59-49-26-14-22-42-23-15-27-50(63(42)49)60(59)39-62(61)65(73(56)72)44-20-10-7-11-21-44/h5-39H,4H2,1-3H3/b17-5-,45-40+. The average molecular weight is 975 g/mol. The van der Waals surface area contributed by atoms with Crippen molar-refractivity contribution < 1.29 is 0 Å². The van der Waals surface area contributed by atoms with Gasteiger partial charge in [0.05, 0.1) is 0 Å². The lowest BCUT2D eigenvalue weighted by Crippen LogP contribution is -1.98. The lowest BCUT2D eigenvalue weighted by atomic mass is 9.81. The second-order valence-electron chi connectivity index (χ2n) is 21.4. The molecule has 0 spiro atoms. The second kappa shape index (κ2) is 15.4. The highest BCUT2D eigenvalue weighted by molar-refractivity contribution is 6.48. The molecular weight excluding hydrogens is 929 g/mol. The molecule has 1 aliphatic rings. The molecular formula is C75H46N2. The number of aryl methyl sites for hydroxylation is 1. The van der Waals surface area contributed by atoms with Crippen molar-refractivity contribution in [1.29, 1.82) is 0 Å². The van der Waals surface area contributed by atoms with Crippen LogP contribution in [0, 0.1) is 6.92 Å². The molecule has 2 nitrogen and oxygen atoms in total. The van der Waals surface area contributed by atoms with E-state index in [1.54, 1.807) is 0 Å². The number of nitrogens with zero attached hydrogens (tertiary/aromatic N) is 2. The minimum atomic E-state index is 0.899. The zero-order valence-electron chi connectivity index (χ0n) is 42.8. The molecule has 2 heteroatoms. The Balaban J connectivity index is 1.04. The molecule has 15 aromatic carbocycles. The molecule has 1 aliphatic carbocycles. The van der Waals surface area contributed by atoms with Crippen molar-refractivity contribution in [3.05, 3.63) is 229 Å². The van der Waals surface area contributed by atoms with Gasteiger partial charge in [0.25, 0.3) is 0 Å². The fourth-order valence-corrected chi connectivity index (χ4v) is 14.8. The Morgan fingerprint density at radius 2 is 0.883 bits per heavy atom. The maximum Gasteiger partial charge on any atom is 0.0451 e. The highest BCUT2D eigenvalue weighted by atomic mass is 14.7. The number of allylic oxidation sites excluding steroid dienone is 4. The van der Waals surface area contributed by atoms with Crippen molar-refractivity contribution in [3.8, 4) is 55.6 Å². The summed E-state index contributed by atoms with van der Waals surface area (Å²) < 4.78 is 0. The van der Waals surface area contributed by atoms with E-state index in [0.717, 1.165) is 22.5 Å². The van der Waals surface area contributed by atoms with Crippen LogP contribution in [0.15, 0.2) is 223 Å². The van der Waals surface area contributed by atoms with E-state index in [1.807, 2.05) is 6.20 Å². The fourth-order valence-electron chi connectivity index (χ4n) is 14.8. The lowest BCUT2D eigenvalue weighted by molar-refractivity contribution is 1.21. The molecule has 17 rings (SSSR count). The van der Waals surface area contributed by atoms with Crippen LogP contribution in [0.25, 0.3) is 180 Å². The van der Waals surface area contributed by atoms with Gasteiger partial charge in [-0.1, -0.05) is 188 Å². The number of rotatable bonds is 6. The molecule has 0 amide bonds. The maximum atomic E-state index is 4.89. The van der Waals surface area contributed by atoms with Gasteiger partial charge in [-0.3, -0.25) is 9.98 Å². The summed E-state index contributed by atoms with van der Waals surface area (Å²) in [6, 6.07) is 73.8. The van der Waals surface area contributed by atoms with Gasteiger partial charge in [-0.05, 0) is 220 Å². The monoisotopic (exact) mass is 974 g/mol. The Labute approximate surface area is 444 Å². The molecule has 0 bridgehead atoms. The number of hydrogen-bond acceptors (Lipinski definition) is 2. The van der Waals surface area contributed by atoms with Crippen LogP contribution >= 0.6 is 0 Å². The van der Waals surface area contributed by atoms with Gasteiger partial charge in [0.2, 0.25) is 0 Å².